The first-order chi connectivity index (χ1) is 17.7. The van der Waals surface area contributed by atoms with E-state index in [2.05, 4.69) is 9.69 Å². The van der Waals surface area contributed by atoms with E-state index in [0.717, 1.165) is 37.2 Å². The second-order valence-corrected chi connectivity index (χ2v) is 9.47. The largest absolute Gasteiger partial charge is 0.497 e. The van der Waals surface area contributed by atoms with Crippen LogP contribution in [-0.2, 0) is 4.79 Å². The molecule has 1 atom stereocenters. The lowest BCUT2D eigenvalue weighted by Crippen LogP contribution is -2.46. The molecular weight excluding hydrogens is 498 g/mol. The standard InChI is InChI=1S/C25H29N5O6S/c1-13-8-11-17(36-13)21(24(32)28-14-6-4-5-7-14)30(16-10-9-15(34-2)12-18(16)35-3)25(33)22-19(26)20(23(27)31)29-37-22/h8-12,14,21H,4-7,26H2,1-3H3,(H2,27,31)(H,28,32)/t21-/m1/s1. The summed E-state index contributed by atoms with van der Waals surface area (Å²) in [5.41, 5.74) is 11.4. The molecule has 37 heavy (non-hydrogen) atoms. The maximum atomic E-state index is 14.1. The van der Waals surface area contributed by atoms with E-state index >= 15 is 0 Å². The normalized spacial score (nSPS) is 14.2. The predicted octanol–water partition coefficient (Wildman–Crippen LogP) is 3.19. The fourth-order valence-corrected chi connectivity index (χ4v) is 5.15. The molecule has 1 fully saturated rings. The highest BCUT2D eigenvalue weighted by molar-refractivity contribution is 7.09. The maximum Gasteiger partial charge on any atom is 0.273 e. The van der Waals surface area contributed by atoms with Gasteiger partial charge in [0.1, 0.15) is 27.9 Å². The number of benzene rings is 1. The van der Waals surface area contributed by atoms with E-state index < -0.39 is 23.8 Å². The van der Waals surface area contributed by atoms with Crippen LogP contribution >= 0.6 is 11.5 Å². The molecule has 3 aromatic rings. The maximum absolute atomic E-state index is 14.1. The van der Waals surface area contributed by atoms with Crippen molar-refractivity contribution in [2.24, 2.45) is 5.73 Å². The predicted molar refractivity (Wildman–Crippen MR) is 138 cm³/mol. The minimum absolute atomic E-state index is 0.0179. The number of nitrogens with two attached hydrogens (primary N) is 2. The summed E-state index contributed by atoms with van der Waals surface area (Å²) in [6.07, 6.45) is 3.72. The van der Waals surface area contributed by atoms with Gasteiger partial charge in [-0.05, 0) is 55.6 Å². The Morgan fingerprint density at radius 2 is 1.89 bits per heavy atom. The number of nitrogen functional groups attached to an aromatic ring is 1. The molecule has 1 aliphatic carbocycles. The molecule has 0 spiro atoms. The number of nitrogens with zero attached hydrogens (tertiary/aromatic N) is 2. The molecule has 3 amide bonds. The average molecular weight is 528 g/mol. The van der Waals surface area contributed by atoms with Gasteiger partial charge in [0.25, 0.3) is 17.7 Å². The molecule has 196 valence electrons. The van der Waals surface area contributed by atoms with Crippen molar-refractivity contribution in [1.29, 1.82) is 0 Å². The van der Waals surface area contributed by atoms with Crippen LogP contribution in [0.1, 0.15) is 63.4 Å². The lowest BCUT2D eigenvalue weighted by molar-refractivity contribution is -0.123. The molecule has 12 heteroatoms. The summed E-state index contributed by atoms with van der Waals surface area (Å²) in [5, 5.41) is 3.07. The molecule has 1 aromatic carbocycles. The monoisotopic (exact) mass is 527 g/mol. The van der Waals surface area contributed by atoms with Crippen LogP contribution in [0, 0.1) is 6.92 Å². The number of nitrogens with one attached hydrogen (secondary N) is 1. The van der Waals surface area contributed by atoms with Crippen molar-refractivity contribution in [3.8, 4) is 11.5 Å². The zero-order valence-corrected chi connectivity index (χ0v) is 21.6. The molecule has 5 N–H and O–H groups in total. The smallest absolute Gasteiger partial charge is 0.273 e. The van der Waals surface area contributed by atoms with Gasteiger partial charge in [0.05, 0.1) is 25.6 Å². The molecule has 0 bridgehead atoms. The van der Waals surface area contributed by atoms with Crippen molar-refractivity contribution in [3.05, 3.63) is 52.4 Å². The van der Waals surface area contributed by atoms with E-state index in [-0.39, 0.29) is 39.5 Å². The van der Waals surface area contributed by atoms with Gasteiger partial charge >= 0.3 is 0 Å². The van der Waals surface area contributed by atoms with E-state index in [1.807, 2.05) is 0 Å². The minimum atomic E-state index is -1.22. The van der Waals surface area contributed by atoms with Crippen LogP contribution in [0.25, 0.3) is 0 Å². The number of primary amides is 1. The summed E-state index contributed by atoms with van der Waals surface area (Å²) in [6.45, 7) is 1.75. The first kappa shape index (κ1) is 26.0. The Bertz CT molecular complexity index is 1310. The van der Waals surface area contributed by atoms with Gasteiger partial charge in [-0.2, -0.15) is 4.37 Å². The summed E-state index contributed by atoms with van der Waals surface area (Å²) in [6, 6.07) is 6.97. The highest BCUT2D eigenvalue weighted by atomic mass is 32.1. The van der Waals surface area contributed by atoms with Crippen LogP contribution in [0.5, 0.6) is 11.5 Å². The van der Waals surface area contributed by atoms with Crippen LogP contribution in [-0.4, -0.2) is 42.4 Å². The number of carbonyl (C=O) groups is 3. The molecule has 0 aliphatic heterocycles. The lowest BCUT2D eigenvalue weighted by Gasteiger charge is -2.31. The minimum Gasteiger partial charge on any atom is -0.497 e. The summed E-state index contributed by atoms with van der Waals surface area (Å²) in [5.74, 6) is -0.390. The Morgan fingerprint density at radius 3 is 2.46 bits per heavy atom. The molecule has 11 nitrogen and oxygen atoms in total. The van der Waals surface area contributed by atoms with E-state index in [1.54, 1.807) is 37.3 Å². The SMILES string of the molecule is COc1ccc(N(C(=O)c2snc(C(N)=O)c2N)[C@@H](C(=O)NC2CCCC2)c2ccc(C)o2)c(OC)c1. The van der Waals surface area contributed by atoms with Gasteiger partial charge in [0.2, 0.25) is 0 Å². The number of ether oxygens (including phenoxy) is 2. The Morgan fingerprint density at radius 1 is 1.16 bits per heavy atom. The van der Waals surface area contributed by atoms with E-state index in [0.29, 0.717) is 11.5 Å². The van der Waals surface area contributed by atoms with Gasteiger partial charge < -0.3 is 30.7 Å². The van der Waals surface area contributed by atoms with Crippen molar-refractivity contribution in [2.75, 3.05) is 24.9 Å². The quantitative estimate of drug-likeness (QED) is 0.382. The van der Waals surface area contributed by atoms with Gasteiger partial charge in [-0.3, -0.25) is 19.3 Å². The van der Waals surface area contributed by atoms with Crippen molar-refractivity contribution in [2.45, 2.75) is 44.7 Å². The van der Waals surface area contributed by atoms with Gasteiger partial charge in [-0.15, -0.1) is 0 Å². The molecule has 0 radical (unpaired) electrons. The number of furan rings is 1. The van der Waals surface area contributed by atoms with Crippen molar-refractivity contribution >= 4 is 40.6 Å². The number of anilines is 2. The summed E-state index contributed by atoms with van der Waals surface area (Å²) in [7, 11) is 2.95. The highest BCUT2D eigenvalue weighted by Gasteiger charge is 2.40. The van der Waals surface area contributed by atoms with Gasteiger partial charge in [0, 0.05) is 12.1 Å². The number of rotatable bonds is 9. The molecule has 2 heterocycles. The van der Waals surface area contributed by atoms with Crippen LogP contribution in [0.4, 0.5) is 11.4 Å². The number of amides is 3. The second kappa shape index (κ2) is 10.9. The Balaban J connectivity index is 1.89. The van der Waals surface area contributed by atoms with Gasteiger partial charge in [-0.1, -0.05) is 12.8 Å². The average Bonchev–Trinajstić information content (AvgIpc) is 3.63. The van der Waals surface area contributed by atoms with Gasteiger partial charge in [-0.25, -0.2) is 0 Å². The molecule has 2 aromatic heterocycles. The molecular formula is C25H29N5O6S. The topological polar surface area (TPSA) is 163 Å². The zero-order valence-electron chi connectivity index (χ0n) is 20.8. The molecule has 1 saturated carbocycles. The molecule has 4 rings (SSSR count). The molecule has 0 saturated heterocycles. The fraction of sp³-hybridized carbons (Fsp3) is 0.360. The number of aryl methyl sites for hydroxylation is 1. The van der Waals surface area contributed by atoms with Crippen LogP contribution in [0.15, 0.2) is 34.7 Å². The third-order valence-corrected chi connectivity index (χ3v) is 7.11. The van der Waals surface area contributed by atoms with E-state index in [1.165, 1.54) is 19.1 Å². The highest BCUT2D eigenvalue weighted by Crippen LogP contribution is 2.40. The van der Waals surface area contributed by atoms with E-state index in [4.69, 9.17) is 25.4 Å². The van der Waals surface area contributed by atoms with Crippen LogP contribution < -0.4 is 31.2 Å². The Kier molecular flexibility index (Phi) is 7.67. The van der Waals surface area contributed by atoms with Gasteiger partial charge in [0.15, 0.2) is 11.7 Å². The number of hydrogen-bond acceptors (Lipinski definition) is 9. The third-order valence-electron chi connectivity index (χ3n) is 6.26. The Labute approximate surface area is 217 Å². The Hall–Kier alpha value is -4.06. The van der Waals surface area contributed by atoms with Crippen LogP contribution in [0.2, 0.25) is 0 Å². The number of methoxy groups -OCH3 is 2. The van der Waals surface area contributed by atoms with Crippen molar-refractivity contribution in [1.82, 2.24) is 9.69 Å². The van der Waals surface area contributed by atoms with Crippen molar-refractivity contribution in [3.63, 3.8) is 0 Å². The van der Waals surface area contributed by atoms with E-state index in [9.17, 15) is 14.4 Å². The zero-order chi connectivity index (χ0) is 26.7. The number of aromatic nitrogens is 1. The van der Waals surface area contributed by atoms with Crippen molar-refractivity contribution < 1.29 is 28.3 Å². The lowest BCUT2D eigenvalue weighted by atomic mass is 10.1. The van der Waals surface area contributed by atoms with Crippen LogP contribution in [0.3, 0.4) is 0 Å². The first-order valence-electron chi connectivity index (χ1n) is 11.7. The second-order valence-electron chi connectivity index (χ2n) is 8.69. The summed E-state index contributed by atoms with van der Waals surface area (Å²) < 4.78 is 20.7. The molecule has 1 aliphatic rings. The number of hydrogen-bond donors (Lipinski definition) is 3. The fourth-order valence-electron chi connectivity index (χ4n) is 4.41. The third kappa shape index (κ3) is 5.24. The number of carbonyl (C=O) groups excluding carboxylic acids is 3. The summed E-state index contributed by atoms with van der Waals surface area (Å²) in [4.78, 5) is 41.0. The first-order valence-corrected chi connectivity index (χ1v) is 12.5. The molecule has 0 unspecified atom stereocenters. The summed E-state index contributed by atoms with van der Waals surface area (Å²) >= 11 is 0.724.